The van der Waals surface area contributed by atoms with Gasteiger partial charge in [-0.15, -0.1) is 0 Å². The first-order valence-electron chi connectivity index (χ1n) is 7.70. The molecule has 0 aliphatic carbocycles. The minimum Gasteiger partial charge on any atom is -0.384 e. The molecule has 0 radical (unpaired) electrons. The molecule has 0 atom stereocenters. The molecule has 0 saturated carbocycles. The van der Waals surface area contributed by atoms with Crippen LogP contribution in [-0.4, -0.2) is 43.0 Å². The van der Waals surface area contributed by atoms with Crippen LogP contribution in [0.3, 0.4) is 0 Å². The quantitative estimate of drug-likeness (QED) is 0.599. The van der Waals surface area contributed by atoms with Crippen molar-refractivity contribution in [3.8, 4) is 0 Å². The fraction of sp³-hybridized carbons (Fsp3) is 0.188. The van der Waals surface area contributed by atoms with Gasteiger partial charge < -0.3 is 10.6 Å². The maximum Gasteiger partial charge on any atom is 0.332 e. The average molecular weight is 414 g/mol. The smallest absolute Gasteiger partial charge is 0.332 e. The molecule has 2 aromatic rings. The molecule has 2 N–H and O–H groups in total. The molecule has 1 aromatic heterocycles. The van der Waals surface area contributed by atoms with Crippen molar-refractivity contribution in [2.45, 2.75) is 11.4 Å². The zero-order valence-electron chi connectivity index (χ0n) is 14.3. The number of sulfone groups is 1. The number of pyridine rings is 1. The van der Waals surface area contributed by atoms with E-state index in [9.17, 15) is 31.2 Å². The third kappa shape index (κ3) is 3.38. The highest BCUT2D eigenvalue weighted by Gasteiger charge is 2.40. The van der Waals surface area contributed by atoms with E-state index >= 15 is 0 Å². The minimum absolute atomic E-state index is 0.0815. The van der Waals surface area contributed by atoms with Crippen LogP contribution in [0.15, 0.2) is 29.3 Å². The van der Waals surface area contributed by atoms with Gasteiger partial charge in [0.25, 0.3) is 5.91 Å². The Kier molecular flexibility index (Phi) is 4.75. The summed E-state index contributed by atoms with van der Waals surface area (Å²) in [5.74, 6) is -6.19. The predicted octanol–water partition coefficient (Wildman–Crippen LogP) is 1.45. The van der Waals surface area contributed by atoms with Gasteiger partial charge in [0.15, 0.2) is 21.5 Å². The van der Waals surface area contributed by atoms with Gasteiger partial charge >= 0.3 is 6.03 Å². The summed E-state index contributed by atoms with van der Waals surface area (Å²) >= 11 is 0. The first-order valence-corrected chi connectivity index (χ1v) is 9.59. The van der Waals surface area contributed by atoms with Gasteiger partial charge in [-0.1, -0.05) is 0 Å². The summed E-state index contributed by atoms with van der Waals surface area (Å²) in [6.45, 7) is -0.556. The Morgan fingerprint density at radius 1 is 1.18 bits per heavy atom. The third-order valence-electron chi connectivity index (χ3n) is 3.97. The van der Waals surface area contributed by atoms with Gasteiger partial charge in [-0.05, 0) is 17.7 Å². The van der Waals surface area contributed by atoms with Crippen LogP contribution in [0.25, 0.3) is 0 Å². The molecule has 0 unspecified atom stereocenters. The number of hydrogen-bond donors (Lipinski definition) is 1. The van der Waals surface area contributed by atoms with E-state index in [1.54, 1.807) is 0 Å². The van der Waals surface area contributed by atoms with E-state index in [1.165, 1.54) is 18.3 Å². The molecule has 3 amide bonds. The van der Waals surface area contributed by atoms with Crippen LogP contribution < -0.4 is 10.6 Å². The molecule has 148 valence electrons. The Bertz CT molecular complexity index is 1110. The molecule has 1 aromatic carbocycles. The van der Waals surface area contributed by atoms with Crippen LogP contribution in [0.2, 0.25) is 0 Å². The molecule has 1 fully saturated rings. The lowest BCUT2D eigenvalue weighted by atomic mass is 10.2. The number of anilines is 2. The van der Waals surface area contributed by atoms with Crippen molar-refractivity contribution in [1.29, 1.82) is 0 Å². The Balaban J connectivity index is 1.98. The van der Waals surface area contributed by atoms with Gasteiger partial charge in [-0.25, -0.2) is 36.3 Å². The first kappa shape index (κ1) is 19.6. The van der Waals surface area contributed by atoms with Crippen LogP contribution in [0.1, 0.15) is 5.56 Å². The lowest BCUT2D eigenvalue weighted by Crippen LogP contribution is -2.34. The summed E-state index contributed by atoms with van der Waals surface area (Å²) in [6, 6.07) is 2.28. The van der Waals surface area contributed by atoms with E-state index in [2.05, 4.69) is 4.98 Å². The normalized spacial score (nSPS) is 14.9. The highest BCUT2D eigenvalue weighted by atomic mass is 32.2. The number of halogens is 3. The Morgan fingerprint density at radius 2 is 1.86 bits per heavy atom. The van der Waals surface area contributed by atoms with Gasteiger partial charge in [0.1, 0.15) is 23.1 Å². The molecule has 0 spiro atoms. The molecular formula is C16H13F3N4O4S. The van der Waals surface area contributed by atoms with E-state index in [0.717, 1.165) is 4.90 Å². The van der Waals surface area contributed by atoms with Crippen molar-refractivity contribution in [3.05, 3.63) is 47.4 Å². The zero-order valence-corrected chi connectivity index (χ0v) is 15.1. The van der Waals surface area contributed by atoms with Crippen molar-refractivity contribution < 1.29 is 31.2 Å². The van der Waals surface area contributed by atoms with Crippen LogP contribution in [0.5, 0.6) is 0 Å². The molecule has 0 bridgehead atoms. The summed E-state index contributed by atoms with van der Waals surface area (Å²) in [5.41, 5.74) is 5.06. The van der Waals surface area contributed by atoms with Crippen molar-refractivity contribution in [2.75, 3.05) is 23.4 Å². The summed E-state index contributed by atoms with van der Waals surface area (Å²) < 4.78 is 65.5. The van der Waals surface area contributed by atoms with Crippen molar-refractivity contribution in [1.82, 2.24) is 9.88 Å². The van der Waals surface area contributed by atoms with Gasteiger partial charge in [0, 0.05) is 25.1 Å². The number of urea groups is 1. The molecule has 28 heavy (non-hydrogen) atoms. The van der Waals surface area contributed by atoms with Crippen molar-refractivity contribution >= 4 is 33.3 Å². The number of carbonyl (C=O) groups excluding carboxylic acids is 2. The number of amides is 3. The number of nitrogens with two attached hydrogens (primary N) is 1. The van der Waals surface area contributed by atoms with Crippen LogP contribution >= 0.6 is 0 Å². The molecule has 2 heterocycles. The highest BCUT2D eigenvalue weighted by Crippen LogP contribution is 2.32. The third-order valence-corrected chi connectivity index (χ3v) is 5.08. The second kappa shape index (κ2) is 6.78. The van der Waals surface area contributed by atoms with Gasteiger partial charge in [0.05, 0.1) is 5.69 Å². The van der Waals surface area contributed by atoms with E-state index in [-0.39, 0.29) is 17.3 Å². The Morgan fingerprint density at radius 3 is 2.46 bits per heavy atom. The SMILES string of the molecule is CS(=O)(=O)c1c(F)cc(N2C(=O)CN(Cc3ccnc(N)c3)C2=O)c(F)c1F. The van der Waals surface area contributed by atoms with Crippen molar-refractivity contribution in [3.63, 3.8) is 0 Å². The number of rotatable bonds is 4. The number of hydrogen-bond acceptors (Lipinski definition) is 6. The summed E-state index contributed by atoms with van der Waals surface area (Å²) in [5, 5.41) is 0. The standard InChI is InChI=1S/C16H13F3N4O4S/c1-28(26,27)15-9(17)5-10(13(18)14(15)19)23-12(24)7-22(16(23)25)6-8-2-3-21-11(20)4-8/h2-5H,6-7H2,1H3,(H2,20,21). The summed E-state index contributed by atoms with van der Waals surface area (Å²) in [6.07, 6.45) is 1.89. The number of imide groups is 1. The fourth-order valence-electron chi connectivity index (χ4n) is 2.79. The monoisotopic (exact) mass is 414 g/mol. The first-order chi connectivity index (χ1) is 13.0. The molecule has 3 rings (SSSR count). The minimum atomic E-state index is -4.42. The topological polar surface area (TPSA) is 114 Å². The summed E-state index contributed by atoms with van der Waals surface area (Å²) in [4.78, 5) is 28.3. The van der Waals surface area contributed by atoms with Gasteiger partial charge in [0.2, 0.25) is 0 Å². The van der Waals surface area contributed by atoms with E-state index in [1.807, 2.05) is 0 Å². The lowest BCUT2D eigenvalue weighted by Gasteiger charge is -2.18. The molecule has 12 heteroatoms. The lowest BCUT2D eigenvalue weighted by molar-refractivity contribution is -0.116. The molecule has 8 nitrogen and oxygen atoms in total. The van der Waals surface area contributed by atoms with Gasteiger partial charge in [-0.3, -0.25) is 4.79 Å². The average Bonchev–Trinajstić information content (AvgIpc) is 2.84. The number of aromatic nitrogens is 1. The molecule has 1 saturated heterocycles. The van der Waals surface area contributed by atoms with E-state index < -0.39 is 56.4 Å². The Hall–Kier alpha value is -3.15. The number of carbonyl (C=O) groups is 2. The highest BCUT2D eigenvalue weighted by molar-refractivity contribution is 7.90. The maximum absolute atomic E-state index is 14.4. The van der Waals surface area contributed by atoms with E-state index in [4.69, 9.17) is 5.73 Å². The van der Waals surface area contributed by atoms with Crippen molar-refractivity contribution in [2.24, 2.45) is 0 Å². The maximum atomic E-state index is 14.4. The summed E-state index contributed by atoms with van der Waals surface area (Å²) in [7, 11) is -4.42. The molecular weight excluding hydrogens is 401 g/mol. The number of benzene rings is 1. The van der Waals surface area contributed by atoms with Crippen LogP contribution in [-0.2, 0) is 21.2 Å². The van der Waals surface area contributed by atoms with Crippen LogP contribution in [0, 0.1) is 17.5 Å². The second-order valence-corrected chi connectivity index (χ2v) is 8.02. The van der Waals surface area contributed by atoms with Crippen LogP contribution in [0.4, 0.5) is 29.5 Å². The molecule has 1 aliphatic heterocycles. The zero-order chi connectivity index (χ0) is 20.8. The Labute approximate surface area is 157 Å². The predicted molar refractivity (Wildman–Crippen MR) is 91.4 cm³/mol. The number of nitrogens with zero attached hydrogens (tertiary/aromatic N) is 3. The largest absolute Gasteiger partial charge is 0.384 e. The second-order valence-electron chi connectivity index (χ2n) is 6.06. The van der Waals surface area contributed by atoms with Gasteiger partial charge in [-0.2, -0.15) is 0 Å². The fourth-order valence-corrected chi connectivity index (χ4v) is 3.62. The number of nitrogen functional groups attached to an aromatic ring is 1. The van der Waals surface area contributed by atoms with E-state index in [0.29, 0.717) is 17.9 Å². The molecule has 1 aliphatic rings.